The number of benzene rings is 1. The first-order valence-electron chi connectivity index (χ1n) is 5.50. The molecule has 1 aromatic heterocycles. The van der Waals surface area contributed by atoms with Crippen LogP contribution in [-0.4, -0.2) is 22.5 Å². The van der Waals surface area contributed by atoms with E-state index in [-0.39, 0.29) is 28.3 Å². The van der Waals surface area contributed by atoms with E-state index in [9.17, 15) is 4.79 Å². The van der Waals surface area contributed by atoms with Crippen LogP contribution in [0.3, 0.4) is 0 Å². The van der Waals surface area contributed by atoms with Gasteiger partial charge in [-0.1, -0.05) is 46.4 Å². The van der Waals surface area contributed by atoms with Crippen molar-refractivity contribution >= 4 is 58.3 Å². The molecule has 1 N–H and O–H groups in total. The first-order chi connectivity index (χ1) is 9.95. The molecule has 110 valence electrons. The molecule has 0 unspecified atom stereocenters. The quantitative estimate of drug-likeness (QED) is 0.884. The maximum atomic E-state index is 11.7. The lowest BCUT2D eigenvalue weighted by molar-refractivity contribution is -0.118. The highest BCUT2D eigenvalue weighted by atomic mass is 35.5. The summed E-state index contributed by atoms with van der Waals surface area (Å²) in [4.78, 5) is 19.3. The summed E-state index contributed by atoms with van der Waals surface area (Å²) in [5.74, 6) is -0.185. The average Bonchev–Trinajstić information content (AvgIpc) is 2.40. The molecule has 1 heterocycles. The van der Waals surface area contributed by atoms with Crippen molar-refractivity contribution < 1.29 is 9.53 Å². The van der Waals surface area contributed by atoms with Gasteiger partial charge in [-0.3, -0.25) is 10.1 Å². The number of hydrogen-bond acceptors (Lipinski definition) is 4. The Kier molecular flexibility index (Phi) is 5.47. The number of anilines is 1. The SMILES string of the molecule is O=C(COc1c(Cl)cc(Cl)cc1Cl)Nc1ncc(Cl)cn1. The third-order valence-electron chi connectivity index (χ3n) is 2.18. The van der Waals surface area contributed by atoms with E-state index in [1.807, 2.05) is 0 Å². The number of amides is 1. The van der Waals surface area contributed by atoms with Crippen molar-refractivity contribution in [1.29, 1.82) is 0 Å². The smallest absolute Gasteiger partial charge is 0.264 e. The van der Waals surface area contributed by atoms with Gasteiger partial charge >= 0.3 is 0 Å². The number of aromatic nitrogens is 2. The third kappa shape index (κ3) is 4.61. The molecule has 1 aromatic carbocycles. The molecule has 1 amide bonds. The van der Waals surface area contributed by atoms with Crippen LogP contribution in [-0.2, 0) is 4.79 Å². The van der Waals surface area contributed by atoms with Gasteiger partial charge in [-0.2, -0.15) is 0 Å². The van der Waals surface area contributed by atoms with Gasteiger partial charge in [0.15, 0.2) is 12.4 Å². The van der Waals surface area contributed by atoms with Crippen LogP contribution >= 0.6 is 46.4 Å². The summed E-state index contributed by atoms with van der Waals surface area (Å²) in [6.45, 7) is -0.312. The van der Waals surface area contributed by atoms with Gasteiger partial charge in [-0.05, 0) is 12.1 Å². The normalized spacial score (nSPS) is 10.3. The summed E-state index contributed by atoms with van der Waals surface area (Å²) in [5, 5.41) is 3.59. The Bertz CT molecular complexity index is 641. The van der Waals surface area contributed by atoms with Crippen molar-refractivity contribution in [3.8, 4) is 5.75 Å². The lowest BCUT2D eigenvalue weighted by Gasteiger charge is -2.10. The summed E-state index contributed by atoms with van der Waals surface area (Å²) in [7, 11) is 0. The number of carbonyl (C=O) groups is 1. The summed E-state index contributed by atoms with van der Waals surface area (Å²) in [5.41, 5.74) is 0. The van der Waals surface area contributed by atoms with Gasteiger partial charge in [0.1, 0.15) is 0 Å². The maximum absolute atomic E-state index is 11.7. The van der Waals surface area contributed by atoms with Gasteiger partial charge in [0, 0.05) is 5.02 Å². The van der Waals surface area contributed by atoms with Crippen LogP contribution in [0, 0.1) is 0 Å². The van der Waals surface area contributed by atoms with Crippen molar-refractivity contribution in [2.45, 2.75) is 0 Å². The van der Waals surface area contributed by atoms with Crippen LogP contribution in [0.25, 0.3) is 0 Å². The van der Waals surface area contributed by atoms with Gasteiger partial charge in [-0.15, -0.1) is 0 Å². The van der Waals surface area contributed by atoms with Crippen LogP contribution in [0.2, 0.25) is 20.1 Å². The summed E-state index contributed by atoms with van der Waals surface area (Å²) < 4.78 is 5.26. The molecule has 0 atom stereocenters. The molecule has 21 heavy (non-hydrogen) atoms. The van der Waals surface area contributed by atoms with Gasteiger partial charge in [0.2, 0.25) is 5.95 Å². The molecule has 0 fully saturated rings. The summed E-state index contributed by atoms with van der Waals surface area (Å²) in [6.07, 6.45) is 2.72. The fourth-order valence-corrected chi connectivity index (χ4v) is 2.37. The Morgan fingerprint density at radius 3 is 2.19 bits per heavy atom. The number of halogens is 4. The lowest BCUT2D eigenvalue weighted by atomic mass is 10.3. The Morgan fingerprint density at radius 2 is 1.62 bits per heavy atom. The molecular weight excluding hydrogens is 360 g/mol. The molecule has 5 nitrogen and oxygen atoms in total. The van der Waals surface area contributed by atoms with Crippen LogP contribution in [0.4, 0.5) is 5.95 Å². The zero-order chi connectivity index (χ0) is 15.4. The second kappa shape index (κ2) is 7.13. The number of ether oxygens (including phenoxy) is 1. The van der Waals surface area contributed by atoms with Crippen molar-refractivity contribution in [2.75, 3.05) is 11.9 Å². The van der Waals surface area contributed by atoms with Crippen molar-refractivity contribution in [1.82, 2.24) is 9.97 Å². The van der Waals surface area contributed by atoms with Gasteiger partial charge < -0.3 is 4.74 Å². The highest BCUT2D eigenvalue weighted by molar-refractivity contribution is 6.40. The van der Waals surface area contributed by atoms with Gasteiger partial charge in [0.25, 0.3) is 5.91 Å². The molecule has 0 aliphatic heterocycles. The van der Waals surface area contributed by atoms with Gasteiger partial charge in [-0.25, -0.2) is 9.97 Å². The molecule has 0 radical (unpaired) electrons. The molecule has 9 heteroatoms. The molecule has 0 bridgehead atoms. The van der Waals surface area contributed by atoms with E-state index in [1.54, 1.807) is 0 Å². The van der Waals surface area contributed by atoms with Gasteiger partial charge in [0.05, 0.1) is 27.5 Å². The van der Waals surface area contributed by atoms with Crippen LogP contribution in [0.15, 0.2) is 24.5 Å². The number of rotatable bonds is 4. The van der Waals surface area contributed by atoms with E-state index < -0.39 is 5.91 Å². The van der Waals surface area contributed by atoms with Crippen LogP contribution in [0.5, 0.6) is 5.75 Å². The first-order valence-corrected chi connectivity index (χ1v) is 7.01. The number of nitrogens with one attached hydrogen (secondary N) is 1. The Labute approximate surface area is 140 Å². The monoisotopic (exact) mass is 365 g/mol. The minimum Gasteiger partial charge on any atom is -0.481 e. The average molecular weight is 367 g/mol. The summed E-state index contributed by atoms with van der Waals surface area (Å²) >= 11 is 23.3. The van der Waals surface area contributed by atoms with E-state index in [1.165, 1.54) is 24.5 Å². The zero-order valence-electron chi connectivity index (χ0n) is 10.2. The number of carbonyl (C=O) groups excluding carboxylic acids is 1. The number of nitrogens with zero attached hydrogens (tertiary/aromatic N) is 2. The zero-order valence-corrected chi connectivity index (χ0v) is 13.3. The molecule has 0 aliphatic carbocycles. The first kappa shape index (κ1) is 16.1. The fraction of sp³-hybridized carbons (Fsp3) is 0.0833. The van der Waals surface area contributed by atoms with Crippen molar-refractivity contribution in [3.63, 3.8) is 0 Å². The predicted molar refractivity (Wildman–Crippen MR) is 82.6 cm³/mol. The minimum atomic E-state index is -0.473. The van der Waals surface area contributed by atoms with E-state index in [2.05, 4.69) is 15.3 Å². The predicted octanol–water partition coefficient (Wildman–Crippen LogP) is 4.11. The van der Waals surface area contributed by atoms with E-state index in [0.717, 1.165) is 0 Å². The van der Waals surface area contributed by atoms with Crippen molar-refractivity contribution in [2.24, 2.45) is 0 Å². The molecule has 2 aromatic rings. The topological polar surface area (TPSA) is 64.1 Å². The Hall–Kier alpha value is -1.27. The molecule has 0 spiro atoms. The molecular formula is C12H7Cl4N3O2. The standard InChI is InChI=1S/C12H7Cl4N3O2/c13-6-1-8(15)11(9(16)2-6)21-5-10(20)19-12-17-3-7(14)4-18-12/h1-4H,5H2,(H,17,18,19,20). The van der Waals surface area contributed by atoms with Crippen LogP contribution in [0.1, 0.15) is 0 Å². The molecule has 0 saturated heterocycles. The van der Waals surface area contributed by atoms with Crippen LogP contribution < -0.4 is 10.1 Å². The molecule has 2 rings (SSSR count). The maximum Gasteiger partial charge on any atom is 0.264 e. The highest BCUT2D eigenvalue weighted by Gasteiger charge is 2.12. The Morgan fingerprint density at radius 1 is 1.05 bits per heavy atom. The largest absolute Gasteiger partial charge is 0.481 e. The summed E-state index contributed by atoms with van der Waals surface area (Å²) in [6, 6.07) is 2.93. The third-order valence-corrected chi connectivity index (χ3v) is 3.16. The second-order valence-electron chi connectivity index (χ2n) is 3.76. The van der Waals surface area contributed by atoms with E-state index in [4.69, 9.17) is 51.1 Å². The molecule has 0 aliphatic rings. The minimum absolute atomic E-state index is 0.112. The van der Waals surface area contributed by atoms with E-state index in [0.29, 0.717) is 10.0 Å². The Balaban J connectivity index is 1.97. The van der Waals surface area contributed by atoms with Crippen molar-refractivity contribution in [3.05, 3.63) is 44.6 Å². The van der Waals surface area contributed by atoms with E-state index >= 15 is 0 Å². The highest BCUT2D eigenvalue weighted by Crippen LogP contribution is 2.35. The lowest BCUT2D eigenvalue weighted by Crippen LogP contribution is -2.21. The molecule has 0 saturated carbocycles. The number of hydrogen-bond donors (Lipinski definition) is 1. The fourth-order valence-electron chi connectivity index (χ4n) is 1.34. The second-order valence-corrected chi connectivity index (χ2v) is 5.45.